The molecule has 3 N–H and O–H groups in total. The van der Waals surface area contributed by atoms with Gasteiger partial charge in [0.1, 0.15) is 23.9 Å². The molecule has 1 unspecified atom stereocenters. The maximum Gasteiger partial charge on any atom is 0.387 e. The summed E-state index contributed by atoms with van der Waals surface area (Å²) in [6.45, 7) is -3.55. The lowest BCUT2D eigenvalue weighted by Crippen LogP contribution is -2.50. The van der Waals surface area contributed by atoms with Gasteiger partial charge in [0, 0.05) is 29.3 Å². The number of nitrogens with two attached hydrogens (primary N) is 1. The van der Waals surface area contributed by atoms with E-state index in [2.05, 4.69) is 20.0 Å². The molecule has 176 valence electrons. The van der Waals surface area contributed by atoms with Crippen molar-refractivity contribution in [1.82, 2.24) is 4.98 Å². The van der Waals surface area contributed by atoms with Gasteiger partial charge in [-0.25, -0.2) is 13.8 Å². The van der Waals surface area contributed by atoms with Crippen LogP contribution < -0.4 is 15.8 Å². The molecule has 0 spiro atoms. The molecular weight excluding hydrogens is 464 g/mol. The van der Waals surface area contributed by atoms with Gasteiger partial charge in [-0.3, -0.25) is 9.79 Å². The van der Waals surface area contributed by atoms with E-state index in [0.29, 0.717) is 5.75 Å². The van der Waals surface area contributed by atoms with Crippen molar-refractivity contribution in [3.63, 3.8) is 0 Å². The molecule has 3 heterocycles. The number of aromatic nitrogens is 1. The normalized spacial score (nSPS) is 24.7. The van der Waals surface area contributed by atoms with E-state index < -0.39 is 36.7 Å². The van der Waals surface area contributed by atoms with Crippen LogP contribution in [-0.2, 0) is 10.3 Å². The molecule has 0 aliphatic carbocycles. The molecule has 1 aromatic heterocycles. The first-order valence-electron chi connectivity index (χ1n) is 9.98. The van der Waals surface area contributed by atoms with Crippen LogP contribution in [0, 0.1) is 11.7 Å². The van der Waals surface area contributed by atoms with Crippen LogP contribution in [0.5, 0.6) is 5.75 Å². The van der Waals surface area contributed by atoms with E-state index in [1.54, 1.807) is 0 Å². The van der Waals surface area contributed by atoms with Crippen LogP contribution >= 0.6 is 11.8 Å². The zero-order valence-corrected chi connectivity index (χ0v) is 18.0. The summed E-state index contributed by atoms with van der Waals surface area (Å²) in [6.07, 6.45) is 0.352. The number of amidine groups is 1. The number of carbonyl (C=O) groups is 1. The number of hydrogen-bond donors (Lipinski definition) is 2. The Morgan fingerprint density at radius 2 is 2.18 bits per heavy atom. The summed E-state index contributed by atoms with van der Waals surface area (Å²) in [5.41, 5.74) is 5.22. The number of aliphatic imine (C=N–C) groups is 1. The first-order chi connectivity index (χ1) is 15.8. The average molecular weight is 484 g/mol. The number of thioether (sulfide) groups is 1. The minimum atomic E-state index is -3.01. The smallest absolute Gasteiger partial charge is 0.387 e. The van der Waals surface area contributed by atoms with Crippen LogP contribution in [0.25, 0.3) is 0 Å². The molecular formula is C21H20F4N4O3S. The second-order valence-corrected chi connectivity index (χ2v) is 8.64. The van der Waals surface area contributed by atoms with Crippen molar-refractivity contribution in [2.45, 2.75) is 24.7 Å². The molecule has 2 aromatic rings. The van der Waals surface area contributed by atoms with Crippen LogP contribution in [0.15, 0.2) is 41.5 Å². The number of ether oxygens (including phenoxy) is 2. The van der Waals surface area contributed by atoms with E-state index in [1.807, 2.05) is 0 Å². The van der Waals surface area contributed by atoms with Crippen molar-refractivity contribution in [2.75, 3.05) is 24.4 Å². The molecule has 1 fully saturated rings. The molecule has 4 rings (SSSR count). The minimum Gasteiger partial charge on any atom is -0.433 e. The Balaban J connectivity index is 1.62. The highest BCUT2D eigenvalue weighted by Crippen LogP contribution is 2.48. The van der Waals surface area contributed by atoms with Crippen molar-refractivity contribution in [2.24, 2.45) is 16.6 Å². The lowest BCUT2D eigenvalue weighted by molar-refractivity contribution is -0.0620. The van der Waals surface area contributed by atoms with Crippen molar-refractivity contribution in [1.29, 1.82) is 0 Å². The van der Waals surface area contributed by atoms with Gasteiger partial charge in [0.2, 0.25) is 0 Å². The number of nitrogens with one attached hydrogen (secondary N) is 1. The highest BCUT2D eigenvalue weighted by Gasteiger charge is 2.49. The molecule has 33 heavy (non-hydrogen) atoms. The second-order valence-electron chi connectivity index (χ2n) is 7.60. The molecule has 1 saturated heterocycles. The summed E-state index contributed by atoms with van der Waals surface area (Å²) in [5, 5.41) is 2.88. The monoisotopic (exact) mass is 484 g/mol. The number of alkyl halides is 3. The third-order valence-corrected chi connectivity index (χ3v) is 6.50. The lowest BCUT2D eigenvalue weighted by atomic mass is 9.73. The molecule has 0 bridgehead atoms. The van der Waals surface area contributed by atoms with Crippen molar-refractivity contribution in [3.05, 3.63) is 53.6 Å². The van der Waals surface area contributed by atoms with Crippen LogP contribution in [0.2, 0.25) is 0 Å². The van der Waals surface area contributed by atoms with Gasteiger partial charge in [-0.05, 0) is 30.3 Å². The van der Waals surface area contributed by atoms with E-state index in [1.165, 1.54) is 42.1 Å². The Labute approximate surface area is 190 Å². The summed E-state index contributed by atoms with van der Waals surface area (Å²) in [7, 11) is 0. The summed E-state index contributed by atoms with van der Waals surface area (Å²) >= 11 is 1.32. The fraction of sp³-hybridized carbons (Fsp3) is 0.381. The number of amides is 1. The molecule has 0 radical (unpaired) electrons. The lowest BCUT2D eigenvalue weighted by Gasteiger charge is -2.46. The zero-order valence-electron chi connectivity index (χ0n) is 17.1. The molecule has 2 aliphatic rings. The van der Waals surface area contributed by atoms with E-state index in [4.69, 9.17) is 10.5 Å². The van der Waals surface area contributed by atoms with Gasteiger partial charge in [-0.1, -0.05) is 11.8 Å². The van der Waals surface area contributed by atoms with Crippen LogP contribution in [0.3, 0.4) is 0 Å². The van der Waals surface area contributed by atoms with Gasteiger partial charge < -0.3 is 20.5 Å². The van der Waals surface area contributed by atoms with E-state index in [0.717, 1.165) is 6.20 Å². The Bertz CT molecular complexity index is 1060. The Hall–Kier alpha value is -2.86. The van der Waals surface area contributed by atoms with Crippen molar-refractivity contribution in [3.8, 4) is 5.75 Å². The Morgan fingerprint density at radius 1 is 1.36 bits per heavy atom. The number of benzene rings is 1. The van der Waals surface area contributed by atoms with Crippen LogP contribution in [-0.4, -0.2) is 47.8 Å². The zero-order chi connectivity index (χ0) is 23.6. The second kappa shape index (κ2) is 9.56. The fourth-order valence-electron chi connectivity index (χ4n) is 4.01. The third-order valence-electron chi connectivity index (χ3n) is 5.55. The minimum absolute atomic E-state index is 0.0570. The number of anilines is 1. The third kappa shape index (κ3) is 4.91. The Kier molecular flexibility index (Phi) is 6.75. The Morgan fingerprint density at radius 3 is 2.88 bits per heavy atom. The number of hydrogen-bond acceptors (Lipinski definition) is 7. The van der Waals surface area contributed by atoms with Gasteiger partial charge >= 0.3 is 6.61 Å². The number of rotatable bonds is 6. The van der Waals surface area contributed by atoms with Crippen LogP contribution in [0.4, 0.5) is 23.2 Å². The molecule has 2 aliphatic heterocycles. The average Bonchev–Trinajstić information content (AvgIpc) is 2.79. The quantitative estimate of drug-likeness (QED) is 0.607. The van der Waals surface area contributed by atoms with Gasteiger partial charge in [-0.2, -0.15) is 8.78 Å². The number of fused-ring (bicyclic) bond motifs is 1. The molecule has 12 heteroatoms. The van der Waals surface area contributed by atoms with Crippen molar-refractivity contribution < 1.29 is 31.8 Å². The topological polar surface area (TPSA) is 98.8 Å². The van der Waals surface area contributed by atoms with Crippen molar-refractivity contribution >= 4 is 28.5 Å². The number of halogens is 4. The summed E-state index contributed by atoms with van der Waals surface area (Å²) < 4.78 is 62.8. The maximum absolute atomic E-state index is 15.0. The summed E-state index contributed by atoms with van der Waals surface area (Å²) in [4.78, 5) is 20.9. The predicted molar refractivity (Wildman–Crippen MR) is 115 cm³/mol. The van der Waals surface area contributed by atoms with E-state index >= 15 is 4.39 Å². The number of carbonyl (C=O) groups excluding carboxylic acids is 1. The standard InChI is InChI=1S/C21H20F4N4O3S/c22-7-14-6-21(11(9-31-14)10-33-20(26)29-21)15-5-12(1-3-16(15)23)28-18(30)17-4-2-13(8-27-17)32-19(24)25/h1-5,8,11,14,19H,6-7,9-10H2,(H2,26,29)(H,28,30)/t11-,14+,21?/m0/s1. The molecule has 1 amide bonds. The van der Waals surface area contributed by atoms with Gasteiger partial charge in [0.25, 0.3) is 5.91 Å². The van der Waals surface area contributed by atoms with E-state index in [-0.39, 0.29) is 46.8 Å². The van der Waals surface area contributed by atoms with E-state index in [9.17, 15) is 18.0 Å². The summed E-state index contributed by atoms with van der Waals surface area (Å²) in [6, 6.07) is 6.41. The molecule has 0 saturated carbocycles. The van der Waals surface area contributed by atoms with Gasteiger partial charge in [0.15, 0.2) is 5.17 Å². The van der Waals surface area contributed by atoms with Gasteiger partial charge in [-0.15, -0.1) is 0 Å². The first kappa shape index (κ1) is 23.3. The van der Waals surface area contributed by atoms with Gasteiger partial charge in [0.05, 0.1) is 24.4 Å². The summed E-state index contributed by atoms with van der Waals surface area (Å²) in [5.74, 6) is -1.10. The highest BCUT2D eigenvalue weighted by molar-refractivity contribution is 8.13. The highest BCUT2D eigenvalue weighted by atomic mass is 32.2. The molecule has 3 atom stereocenters. The SMILES string of the molecule is NC1=NC2(c3cc(NC(=O)c4ccc(OC(F)F)cn4)ccc3F)C[C@H](CF)OC[C@H]2CS1. The maximum atomic E-state index is 15.0. The number of nitrogens with zero attached hydrogens (tertiary/aromatic N) is 2. The molecule has 7 nitrogen and oxygen atoms in total. The largest absolute Gasteiger partial charge is 0.433 e. The van der Waals surface area contributed by atoms with Crippen LogP contribution in [0.1, 0.15) is 22.5 Å². The first-order valence-corrected chi connectivity index (χ1v) is 11.0. The number of pyridine rings is 1. The molecule has 1 aromatic carbocycles. The fourth-order valence-corrected chi connectivity index (χ4v) is 4.98. The predicted octanol–water partition coefficient (Wildman–Crippen LogP) is 3.71.